The summed E-state index contributed by atoms with van der Waals surface area (Å²) in [7, 11) is 0. The van der Waals surface area contributed by atoms with Crippen molar-refractivity contribution in [3.63, 3.8) is 0 Å². The van der Waals surface area contributed by atoms with Gasteiger partial charge in [0.05, 0.1) is 0 Å². The van der Waals surface area contributed by atoms with E-state index in [-0.39, 0.29) is 0 Å². The van der Waals surface area contributed by atoms with E-state index < -0.39 is 0 Å². The number of rotatable bonds is 17. The van der Waals surface area contributed by atoms with Gasteiger partial charge in [-0.05, 0) is 25.2 Å². The lowest BCUT2D eigenvalue weighted by Crippen LogP contribution is -2.06. The average molecular weight is 301 g/mol. The van der Waals surface area contributed by atoms with Gasteiger partial charge < -0.3 is 10.2 Å². The molecule has 0 aromatic heterocycles. The van der Waals surface area contributed by atoms with Crippen molar-refractivity contribution in [3.8, 4) is 0 Å². The zero-order valence-electron chi connectivity index (χ0n) is 14.5. The Bertz CT molecular complexity index is 182. The Balaban J connectivity index is 3.26. The molecule has 0 aromatic rings. The Kier molecular flexibility index (Phi) is 17.9. The number of hydrogen-bond donors (Lipinski definition) is 2. The molecule has 0 saturated heterocycles. The molecule has 0 aliphatic heterocycles. The zero-order valence-corrected chi connectivity index (χ0v) is 14.5. The van der Waals surface area contributed by atoms with Crippen LogP contribution < -0.4 is 0 Å². The highest BCUT2D eigenvalue weighted by Gasteiger charge is 2.06. The van der Waals surface area contributed by atoms with Gasteiger partial charge in [-0.3, -0.25) is 0 Å². The highest BCUT2D eigenvalue weighted by Crippen LogP contribution is 2.18. The first kappa shape index (κ1) is 20.9. The molecule has 128 valence electrons. The largest absolute Gasteiger partial charge is 0.396 e. The minimum Gasteiger partial charge on any atom is -0.396 e. The molecule has 0 aliphatic carbocycles. The van der Waals surface area contributed by atoms with Gasteiger partial charge in [-0.1, -0.05) is 84.0 Å². The van der Waals surface area contributed by atoms with E-state index >= 15 is 0 Å². The van der Waals surface area contributed by atoms with Gasteiger partial charge >= 0.3 is 0 Å². The van der Waals surface area contributed by atoms with Crippen LogP contribution in [0.4, 0.5) is 0 Å². The fraction of sp³-hybridized carbons (Fsp3) is 1.00. The van der Waals surface area contributed by atoms with Crippen molar-refractivity contribution < 1.29 is 10.2 Å². The van der Waals surface area contributed by atoms with E-state index in [2.05, 4.69) is 6.92 Å². The average Bonchev–Trinajstić information content (AvgIpc) is 2.51. The van der Waals surface area contributed by atoms with Crippen molar-refractivity contribution in [1.29, 1.82) is 0 Å². The van der Waals surface area contributed by atoms with Gasteiger partial charge in [-0.2, -0.15) is 0 Å². The first-order chi connectivity index (χ1) is 10.3. The summed E-state index contributed by atoms with van der Waals surface area (Å²) in [6.07, 6.45) is 19.2. The summed E-state index contributed by atoms with van der Waals surface area (Å²) >= 11 is 0. The lowest BCUT2D eigenvalue weighted by atomic mass is 9.95. The molecule has 1 atom stereocenters. The number of aliphatic hydroxyl groups is 2. The Labute approximate surface area is 133 Å². The number of unbranched alkanes of at least 4 members (excludes halogenated alkanes) is 11. The van der Waals surface area contributed by atoms with Gasteiger partial charge in [0.15, 0.2) is 0 Å². The quantitative estimate of drug-likeness (QED) is 0.350. The van der Waals surface area contributed by atoms with Crippen LogP contribution in [0.5, 0.6) is 0 Å². The predicted molar refractivity (Wildman–Crippen MR) is 92.6 cm³/mol. The van der Waals surface area contributed by atoms with Crippen LogP contribution >= 0.6 is 0 Å². The second-order valence-electron chi connectivity index (χ2n) is 6.59. The van der Waals surface area contributed by atoms with Gasteiger partial charge in [0.25, 0.3) is 0 Å². The Morgan fingerprint density at radius 1 is 0.571 bits per heavy atom. The summed E-state index contributed by atoms with van der Waals surface area (Å²) in [5, 5.41) is 18.1. The van der Waals surface area contributed by atoms with Crippen LogP contribution in [-0.2, 0) is 0 Å². The second kappa shape index (κ2) is 18.0. The first-order valence-corrected chi connectivity index (χ1v) is 9.56. The first-order valence-electron chi connectivity index (χ1n) is 9.56. The SMILES string of the molecule is CCCCCCCCCCCC(CO)CCCCCCO. The van der Waals surface area contributed by atoms with Crippen LogP contribution in [0.3, 0.4) is 0 Å². The van der Waals surface area contributed by atoms with E-state index in [1.807, 2.05) is 0 Å². The van der Waals surface area contributed by atoms with Crippen molar-refractivity contribution in [1.82, 2.24) is 0 Å². The molecular weight excluding hydrogens is 260 g/mol. The van der Waals surface area contributed by atoms with Crippen LogP contribution in [0, 0.1) is 5.92 Å². The van der Waals surface area contributed by atoms with E-state index in [4.69, 9.17) is 5.11 Å². The van der Waals surface area contributed by atoms with Crippen molar-refractivity contribution in [2.45, 2.75) is 103 Å². The Morgan fingerprint density at radius 2 is 1.00 bits per heavy atom. The van der Waals surface area contributed by atoms with E-state index in [0.717, 1.165) is 12.8 Å². The Hall–Kier alpha value is -0.0800. The lowest BCUT2D eigenvalue weighted by molar-refractivity contribution is 0.203. The third-order valence-electron chi connectivity index (χ3n) is 4.49. The summed E-state index contributed by atoms with van der Waals surface area (Å²) in [4.78, 5) is 0. The van der Waals surface area contributed by atoms with Gasteiger partial charge in [0, 0.05) is 13.2 Å². The van der Waals surface area contributed by atoms with Crippen LogP contribution in [-0.4, -0.2) is 23.4 Å². The van der Waals surface area contributed by atoms with Gasteiger partial charge in [0.1, 0.15) is 0 Å². The van der Waals surface area contributed by atoms with Crippen molar-refractivity contribution in [3.05, 3.63) is 0 Å². The predicted octanol–water partition coefficient (Wildman–Crippen LogP) is 5.46. The molecule has 0 amide bonds. The standard InChI is InChI=1S/C19H40O2/c1-2-3-4-5-6-7-8-9-12-15-19(18-21)16-13-10-11-14-17-20/h19-21H,2-18H2,1H3. The summed E-state index contributed by atoms with van der Waals surface area (Å²) in [6, 6.07) is 0. The molecule has 2 nitrogen and oxygen atoms in total. The molecule has 0 aliphatic rings. The monoisotopic (exact) mass is 300 g/mol. The maximum Gasteiger partial charge on any atom is 0.0459 e. The van der Waals surface area contributed by atoms with E-state index in [9.17, 15) is 5.11 Å². The highest BCUT2D eigenvalue weighted by atomic mass is 16.3. The molecular formula is C19H40O2. The van der Waals surface area contributed by atoms with E-state index in [1.165, 1.54) is 83.5 Å². The van der Waals surface area contributed by atoms with Crippen LogP contribution in [0.2, 0.25) is 0 Å². The third kappa shape index (κ3) is 16.1. The fourth-order valence-corrected chi connectivity index (χ4v) is 2.97. The van der Waals surface area contributed by atoms with Crippen molar-refractivity contribution in [2.75, 3.05) is 13.2 Å². The molecule has 0 aromatic carbocycles. The van der Waals surface area contributed by atoms with Crippen LogP contribution in [0.25, 0.3) is 0 Å². The summed E-state index contributed by atoms with van der Waals surface area (Å²) in [5.41, 5.74) is 0. The zero-order chi connectivity index (χ0) is 15.6. The van der Waals surface area contributed by atoms with Gasteiger partial charge in [-0.25, -0.2) is 0 Å². The molecule has 1 unspecified atom stereocenters. The molecule has 2 heteroatoms. The molecule has 0 heterocycles. The molecule has 0 radical (unpaired) electrons. The normalized spacial score (nSPS) is 12.7. The Morgan fingerprint density at radius 3 is 1.43 bits per heavy atom. The molecule has 0 bridgehead atoms. The smallest absolute Gasteiger partial charge is 0.0459 e. The van der Waals surface area contributed by atoms with Crippen molar-refractivity contribution >= 4 is 0 Å². The molecule has 0 saturated carbocycles. The van der Waals surface area contributed by atoms with Crippen LogP contribution in [0.1, 0.15) is 103 Å². The minimum atomic E-state index is 0.321. The van der Waals surface area contributed by atoms with E-state index in [1.54, 1.807) is 0 Å². The van der Waals surface area contributed by atoms with E-state index in [0.29, 0.717) is 19.1 Å². The highest BCUT2D eigenvalue weighted by molar-refractivity contribution is 4.59. The summed E-state index contributed by atoms with van der Waals surface area (Å²) in [6.45, 7) is 2.95. The minimum absolute atomic E-state index is 0.321. The number of hydrogen-bond acceptors (Lipinski definition) is 2. The second-order valence-corrected chi connectivity index (χ2v) is 6.59. The van der Waals surface area contributed by atoms with Gasteiger partial charge in [0.2, 0.25) is 0 Å². The summed E-state index contributed by atoms with van der Waals surface area (Å²) < 4.78 is 0. The third-order valence-corrected chi connectivity index (χ3v) is 4.49. The maximum absolute atomic E-state index is 9.41. The van der Waals surface area contributed by atoms with Crippen molar-refractivity contribution in [2.24, 2.45) is 5.92 Å². The lowest BCUT2D eigenvalue weighted by Gasteiger charge is -2.13. The molecule has 0 spiro atoms. The maximum atomic E-state index is 9.41. The topological polar surface area (TPSA) is 40.5 Å². The molecule has 0 fully saturated rings. The molecule has 21 heavy (non-hydrogen) atoms. The number of aliphatic hydroxyl groups excluding tert-OH is 2. The summed E-state index contributed by atoms with van der Waals surface area (Å²) in [5.74, 6) is 0.517. The molecule has 2 N–H and O–H groups in total. The van der Waals surface area contributed by atoms with Gasteiger partial charge in [-0.15, -0.1) is 0 Å². The van der Waals surface area contributed by atoms with Crippen LogP contribution in [0.15, 0.2) is 0 Å². The molecule has 0 rings (SSSR count). The fourth-order valence-electron chi connectivity index (χ4n) is 2.97.